The number of hydrogen-bond acceptors (Lipinski definition) is 2. The monoisotopic (exact) mass is 422 g/mol. The zero-order valence-electron chi connectivity index (χ0n) is 13.2. The van der Waals surface area contributed by atoms with Crippen LogP contribution in [0.25, 0.3) is 0 Å². The van der Waals surface area contributed by atoms with Gasteiger partial charge in [0.2, 0.25) is 0 Å². The number of carbonyl (C=O) groups is 2. The van der Waals surface area contributed by atoms with Gasteiger partial charge in [-0.1, -0.05) is 32.0 Å². The first-order valence-corrected chi connectivity index (χ1v) is 8.61. The second-order valence-electron chi connectivity index (χ2n) is 5.07. The molecule has 0 radical (unpaired) electrons. The fourth-order valence-corrected chi connectivity index (χ4v) is 2.65. The number of hydrogen-bond donors (Lipinski definition) is 2. The smallest absolute Gasteiger partial charge is 0.314 e. The van der Waals surface area contributed by atoms with Gasteiger partial charge in [-0.15, -0.1) is 0 Å². The zero-order valence-corrected chi connectivity index (χ0v) is 15.3. The highest BCUT2D eigenvalue weighted by atomic mass is 127. The Bertz CT molecular complexity index is 689. The van der Waals surface area contributed by atoms with E-state index in [0.717, 1.165) is 33.2 Å². The summed E-state index contributed by atoms with van der Waals surface area (Å²) >= 11 is 2.18. The van der Waals surface area contributed by atoms with Gasteiger partial charge in [0.15, 0.2) is 0 Å². The molecule has 0 atom stereocenters. The van der Waals surface area contributed by atoms with Gasteiger partial charge in [0.05, 0.1) is 0 Å². The average Bonchev–Trinajstić information content (AvgIpc) is 2.56. The maximum Gasteiger partial charge on any atom is 0.314 e. The van der Waals surface area contributed by atoms with Crippen molar-refractivity contribution in [3.63, 3.8) is 0 Å². The molecular weight excluding hydrogens is 403 g/mol. The van der Waals surface area contributed by atoms with Crippen LogP contribution in [0.15, 0.2) is 42.5 Å². The highest BCUT2D eigenvalue weighted by Gasteiger charge is 2.17. The number of benzene rings is 2. The van der Waals surface area contributed by atoms with Crippen LogP contribution in [0, 0.1) is 3.57 Å². The molecule has 0 aliphatic carbocycles. The van der Waals surface area contributed by atoms with Gasteiger partial charge in [0, 0.05) is 14.9 Å². The van der Waals surface area contributed by atoms with Gasteiger partial charge < -0.3 is 10.6 Å². The third-order valence-electron chi connectivity index (χ3n) is 3.55. The molecule has 0 heterocycles. The van der Waals surface area contributed by atoms with Crippen molar-refractivity contribution in [3.05, 3.63) is 57.2 Å². The Kier molecular flexibility index (Phi) is 6.15. The van der Waals surface area contributed by atoms with E-state index in [1.54, 1.807) is 12.1 Å². The van der Waals surface area contributed by atoms with Crippen LogP contribution >= 0.6 is 22.6 Å². The Hall–Kier alpha value is -1.89. The molecule has 2 aromatic rings. The van der Waals surface area contributed by atoms with Gasteiger partial charge in [0.25, 0.3) is 0 Å². The van der Waals surface area contributed by atoms with E-state index >= 15 is 0 Å². The third-order valence-corrected chi connectivity index (χ3v) is 4.26. The number of halogens is 1. The van der Waals surface area contributed by atoms with Crippen LogP contribution in [0.1, 0.15) is 25.0 Å². The van der Waals surface area contributed by atoms with Crippen molar-refractivity contribution in [1.29, 1.82) is 0 Å². The zero-order chi connectivity index (χ0) is 16.8. The van der Waals surface area contributed by atoms with Crippen LogP contribution in [0.5, 0.6) is 0 Å². The van der Waals surface area contributed by atoms with Gasteiger partial charge >= 0.3 is 11.8 Å². The van der Waals surface area contributed by atoms with E-state index in [-0.39, 0.29) is 0 Å². The minimum atomic E-state index is -0.667. The number of aryl methyl sites for hydroxylation is 2. The van der Waals surface area contributed by atoms with Crippen LogP contribution in [0.3, 0.4) is 0 Å². The second-order valence-corrected chi connectivity index (χ2v) is 6.32. The quantitative estimate of drug-likeness (QED) is 0.578. The lowest BCUT2D eigenvalue weighted by molar-refractivity contribution is -0.133. The molecule has 23 heavy (non-hydrogen) atoms. The van der Waals surface area contributed by atoms with E-state index in [1.807, 2.05) is 44.2 Å². The van der Waals surface area contributed by atoms with Gasteiger partial charge in [-0.25, -0.2) is 0 Å². The van der Waals surface area contributed by atoms with Crippen molar-refractivity contribution in [2.24, 2.45) is 0 Å². The lowest BCUT2D eigenvalue weighted by Gasteiger charge is -2.14. The molecule has 0 bridgehead atoms. The van der Waals surface area contributed by atoms with Crippen LogP contribution in [-0.2, 0) is 22.4 Å². The largest absolute Gasteiger partial charge is 0.318 e. The lowest BCUT2D eigenvalue weighted by Crippen LogP contribution is -2.29. The summed E-state index contributed by atoms with van der Waals surface area (Å²) in [6, 6.07) is 13.2. The number of amides is 2. The van der Waals surface area contributed by atoms with Gasteiger partial charge in [-0.3, -0.25) is 9.59 Å². The minimum absolute atomic E-state index is 0.602. The highest BCUT2D eigenvalue weighted by molar-refractivity contribution is 14.1. The Morgan fingerprint density at radius 2 is 1.39 bits per heavy atom. The number of para-hydroxylation sites is 1. The third kappa shape index (κ3) is 4.54. The molecular formula is C18H19IN2O2. The molecule has 0 saturated carbocycles. The van der Waals surface area contributed by atoms with Crippen molar-refractivity contribution in [3.8, 4) is 0 Å². The van der Waals surface area contributed by atoms with Gasteiger partial charge in [-0.05, 0) is 70.8 Å². The summed E-state index contributed by atoms with van der Waals surface area (Å²) in [5, 5.41) is 5.37. The Labute approximate surface area is 149 Å². The van der Waals surface area contributed by atoms with Crippen molar-refractivity contribution < 1.29 is 9.59 Å². The number of rotatable bonds is 4. The van der Waals surface area contributed by atoms with Gasteiger partial charge in [-0.2, -0.15) is 0 Å². The first-order valence-electron chi connectivity index (χ1n) is 7.53. The van der Waals surface area contributed by atoms with Gasteiger partial charge in [0.1, 0.15) is 0 Å². The highest BCUT2D eigenvalue weighted by Crippen LogP contribution is 2.22. The molecule has 0 aliphatic heterocycles. The summed E-state index contributed by atoms with van der Waals surface area (Å²) in [6.07, 6.45) is 1.59. The lowest BCUT2D eigenvalue weighted by atomic mass is 10.0. The van der Waals surface area contributed by atoms with E-state index in [9.17, 15) is 9.59 Å². The summed E-state index contributed by atoms with van der Waals surface area (Å²) in [5.41, 5.74) is 3.41. The molecule has 0 unspecified atom stereocenters. The molecule has 5 heteroatoms. The molecule has 4 nitrogen and oxygen atoms in total. The molecule has 0 aromatic heterocycles. The molecule has 0 fully saturated rings. The molecule has 2 rings (SSSR count). The molecule has 2 N–H and O–H groups in total. The van der Waals surface area contributed by atoms with E-state index < -0.39 is 11.8 Å². The molecule has 2 aromatic carbocycles. The van der Waals surface area contributed by atoms with Crippen molar-refractivity contribution in [1.82, 2.24) is 0 Å². The molecule has 120 valence electrons. The molecule has 2 amide bonds. The number of nitrogens with one attached hydrogen (secondary N) is 2. The molecule has 0 saturated heterocycles. The van der Waals surface area contributed by atoms with Crippen LogP contribution in [-0.4, -0.2) is 11.8 Å². The Morgan fingerprint density at radius 3 is 1.91 bits per heavy atom. The molecule has 0 aliphatic rings. The van der Waals surface area contributed by atoms with Crippen molar-refractivity contribution in [2.45, 2.75) is 26.7 Å². The number of anilines is 2. The topological polar surface area (TPSA) is 58.2 Å². The predicted octanol–water partition coefficient (Wildman–Crippen LogP) is 3.99. The second kappa shape index (κ2) is 8.10. The van der Waals surface area contributed by atoms with E-state index in [1.165, 1.54) is 0 Å². The number of carbonyl (C=O) groups excluding carboxylic acids is 2. The fourth-order valence-electron chi connectivity index (χ4n) is 2.29. The van der Waals surface area contributed by atoms with E-state index in [4.69, 9.17) is 0 Å². The summed E-state index contributed by atoms with van der Waals surface area (Å²) in [5.74, 6) is -1.32. The Morgan fingerprint density at radius 1 is 0.870 bits per heavy atom. The van der Waals surface area contributed by atoms with Crippen LogP contribution < -0.4 is 10.6 Å². The van der Waals surface area contributed by atoms with E-state index in [2.05, 4.69) is 33.2 Å². The van der Waals surface area contributed by atoms with Crippen molar-refractivity contribution in [2.75, 3.05) is 10.6 Å². The first kappa shape index (κ1) is 17.5. The minimum Gasteiger partial charge on any atom is -0.318 e. The molecule has 0 spiro atoms. The summed E-state index contributed by atoms with van der Waals surface area (Å²) in [7, 11) is 0. The van der Waals surface area contributed by atoms with E-state index in [0.29, 0.717) is 5.69 Å². The summed E-state index contributed by atoms with van der Waals surface area (Å²) in [4.78, 5) is 24.3. The normalized spacial score (nSPS) is 10.2. The Balaban J connectivity index is 2.12. The maximum atomic E-state index is 12.2. The average molecular weight is 422 g/mol. The predicted molar refractivity (Wildman–Crippen MR) is 102 cm³/mol. The summed E-state index contributed by atoms with van der Waals surface area (Å²) < 4.78 is 1.06. The van der Waals surface area contributed by atoms with Crippen LogP contribution in [0.2, 0.25) is 0 Å². The summed E-state index contributed by atoms with van der Waals surface area (Å²) in [6.45, 7) is 4.05. The first-order chi connectivity index (χ1) is 11.0. The maximum absolute atomic E-state index is 12.2. The fraction of sp³-hybridized carbons (Fsp3) is 0.222. The van der Waals surface area contributed by atoms with Crippen LogP contribution in [0.4, 0.5) is 11.4 Å². The SMILES string of the molecule is CCc1cccc(CC)c1NC(=O)C(=O)Nc1ccc(I)cc1. The standard InChI is InChI=1S/C18H19IN2O2/c1-3-12-6-5-7-13(4-2)16(12)21-18(23)17(22)20-15-10-8-14(19)9-11-15/h5-11H,3-4H2,1-2H3,(H,20,22)(H,21,23). The van der Waals surface area contributed by atoms with Crippen molar-refractivity contribution >= 4 is 45.8 Å².